The molecule has 0 bridgehead atoms. The number of anilines is 2. The van der Waals surface area contributed by atoms with E-state index < -0.39 is 5.54 Å². The molecule has 1 heterocycles. The van der Waals surface area contributed by atoms with E-state index in [0.29, 0.717) is 0 Å². The molecule has 1 aliphatic carbocycles. The monoisotopic (exact) mass is 842 g/mol. The van der Waals surface area contributed by atoms with Crippen molar-refractivity contribution in [2.75, 3.05) is 4.90 Å². The maximum atomic E-state index is 2.61. The van der Waals surface area contributed by atoms with Crippen LogP contribution in [0, 0.1) is 0 Å². The van der Waals surface area contributed by atoms with Gasteiger partial charge in [0.25, 0.3) is 0 Å². The van der Waals surface area contributed by atoms with Gasteiger partial charge in [-0.25, -0.2) is 0 Å². The van der Waals surface area contributed by atoms with Crippen LogP contribution >= 0.6 is 0 Å². The second-order valence-electron chi connectivity index (χ2n) is 17.2. The minimum Gasteiger partial charge on any atom is -0.327 e. The Kier molecular flexibility index (Phi) is 9.84. The molecule has 0 saturated carbocycles. The molecule has 1 unspecified atom stereocenters. The summed E-state index contributed by atoms with van der Waals surface area (Å²) in [5.74, 6) is 0. The van der Waals surface area contributed by atoms with Gasteiger partial charge in [-0.1, -0.05) is 218 Å². The minimum absolute atomic E-state index is 0.654. The minimum atomic E-state index is -0.654. The van der Waals surface area contributed by atoms with Crippen molar-refractivity contribution in [1.82, 2.24) is 4.57 Å². The van der Waals surface area contributed by atoms with Crippen molar-refractivity contribution < 1.29 is 0 Å². The summed E-state index contributed by atoms with van der Waals surface area (Å²) in [6, 6.07) is 91.0. The van der Waals surface area contributed by atoms with Crippen LogP contribution in [0.15, 0.2) is 267 Å². The summed E-state index contributed by atoms with van der Waals surface area (Å²) in [4.78, 5) is 2.61. The van der Waals surface area contributed by atoms with Crippen LogP contribution < -0.4 is 4.90 Å². The zero-order valence-electron chi connectivity index (χ0n) is 36.5. The first-order valence-electron chi connectivity index (χ1n) is 22.9. The Bertz CT molecular complexity index is 3520. The van der Waals surface area contributed by atoms with Crippen LogP contribution in [0.3, 0.4) is 0 Å². The van der Waals surface area contributed by atoms with Gasteiger partial charge >= 0.3 is 0 Å². The number of rotatable bonds is 9. The first kappa shape index (κ1) is 39.2. The van der Waals surface area contributed by atoms with Crippen LogP contribution in [-0.2, 0) is 5.54 Å². The Morgan fingerprint density at radius 2 is 0.848 bits per heavy atom. The summed E-state index contributed by atoms with van der Waals surface area (Å²) in [5.41, 5.74) is 16.0. The normalized spacial score (nSPS) is 14.7. The van der Waals surface area contributed by atoms with Crippen LogP contribution in [-0.4, -0.2) is 4.57 Å². The van der Waals surface area contributed by atoms with Crippen molar-refractivity contribution in [3.8, 4) is 39.1 Å². The molecule has 1 atom stereocenters. The fraction of sp³-hybridized carbons (Fsp3) is 0.0312. The topological polar surface area (TPSA) is 8.17 Å². The average molecular weight is 843 g/mol. The van der Waals surface area contributed by atoms with Gasteiger partial charge in [-0.15, -0.1) is 0 Å². The van der Waals surface area contributed by atoms with E-state index >= 15 is 0 Å². The molecule has 11 aromatic rings. The predicted molar refractivity (Wildman–Crippen MR) is 279 cm³/mol. The number of nitrogens with zero attached hydrogens (tertiary/aromatic N) is 2. The smallest absolute Gasteiger partial charge is 0.100 e. The van der Waals surface area contributed by atoms with E-state index in [-0.39, 0.29) is 0 Å². The maximum Gasteiger partial charge on any atom is 0.100 e. The molecule has 0 saturated heterocycles. The highest BCUT2D eigenvalue weighted by molar-refractivity contribution is 6.09. The zero-order chi connectivity index (χ0) is 43.9. The third-order valence-corrected chi connectivity index (χ3v) is 13.6. The summed E-state index contributed by atoms with van der Waals surface area (Å²) in [5, 5.41) is 5.03. The Morgan fingerprint density at radius 3 is 1.53 bits per heavy atom. The van der Waals surface area contributed by atoms with Crippen molar-refractivity contribution in [2.45, 2.75) is 12.0 Å². The van der Waals surface area contributed by atoms with Gasteiger partial charge in [0.05, 0.1) is 11.0 Å². The van der Waals surface area contributed by atoms with E-state index in [1.807, 2.05) is 0 Å². The number of hydrogen-bond acceptors (Lipinski definition) is 1. The summed E-state index contributed by atoms with van der Waals surface area (Å²) < 4.78 is 2.40. The van der Waals surface area contributed by atoms with Crippen molar-refractivity contribution in [3.05, 3.63) is 278 Å². The van der Waals surface area contributed by atoms with Gasteiger partial charge in [-0.3, -0.25) is 0 Å². The predicted octanol–water partition coefficient (Wildman–Crippen LogP) is 17.0. The largest absolute Gasteiger partial charge is 0.327 e. The highest BCUT2D eigenvalue weighted by atomic mass is 15.2. The fourth-order valence-corrected chi connectivity index (χ4v) is 10.6. The molecule has 312 valence electrons. The van der Waals surface area contributed by atoms with Crippen molar-refractivity contribution in [1.29, 1.82) is 0 Å². The zero-order valence-corrected chi connectivity index (χ0v) is 36.5. The van der Waals surface area contributed by atoms with E-state index in [2.05, 4.69) is 276 Å². The van der Waals surface area contributed by atoms with Crippen LogP contribution in [0.5, 0.6) is 0 Å². The van der Waals surface area contributed by atoms with Gasteiger partial charge < -0.3 is 9.47 Å². The number of para-hydroxylation sites is 2. The molecule has 12 rings (SSSR count). The third-order valence-electron chi connectivity index (χ3n) is 13.6. The Morgan fingerprint density at radius 1 is 0.364 bits per heavy atom. The van der Waals surface area contributed by atoms with Gasteiger partial charge in [-0.2, -0.15) is 0 Å². The second-order valence-corrected chi connectivity index (χ2v) is 17.2. The molecular formula is C64H46N2. The standard InChI is InChI=1S/C64H46N2/c1-3-18-49(19-4-1)57-25-9-12-30-61(57)64(45-16-15-29-60(64)51-21-5-2-6-22-51)66(54-43-41-52(42-44-54)65-62-31-13-10-26-58(62)59-27-11-14-32-63(59)65)53-39-37-47(38-40-53)46-33-35-50(36-34-46)56-28-17-23-48-20-7-8-24-55(48)56/h1-44H,45H2. The second kappa shape index (κ2) is 16.6. The summed E-state index contributed by atoms with van der Waals surface area (Å²) >= 11 is 0. The van der Waals surface area contributed by atoms with Crippen molar-refractivity contribution in [3.63, 3.8) is 0 Å². The first-order chi connectivity index (χ1) is 32.7. The average Bonchev–Trinajstić information content (AvgIpc) is 3.74. The van der Waals surface area contributed by atoms with Crippen molar-refractivity contribution >= 4 is 49.5 Å². The molecular weight excluding hydrogens is 797 g/mol. The molecule has 0 spiro atoms. The maximum absolute atomic E-state index is 2.61. The lowest BCUT2D eigenvalue weighted by atomic mass is 9.70. The molecule has 1 aromatic heterocycles. The number of hydrogen-bond donors (Lipinski definition) is 0. The Balaban J connectivity index is 1.04. The molecule has 0 amide bonds. The quantitative estimate of drug-likeness (QED) is 0.141. The lowest BCUT2D eigenvalue weighted by Gasteiger charge is -2.49. The lowest BCUT2D eigenvalue weighted by Crippen LogP contribution is -2.45. The van der Waals surface area contributed by atoms with E-state index in [1.54, 1.807) is 0 Å². The molecule has 66 heavy (non-hydrogen) atoms. The molecule has 1 aliphatic rings. The SMILES string of the molecule is C1=CCC(c2ccccc2-c2ccccc2)(N(c2ccc(-c3ccc(-c4cccc5ccccc45)cc3)cc2)c2ccc(-n3c4ccccc4c4ccccc43)cc2)C(c2ccccc2)=C1. The first-order valence-corrected chi connectivity index (χ1v) is 22.9. The number of fused-ring (bicyclic) bond motifs is 4. The molecule has 0 aliphatic heterocycles. The van der Waals surface area contributed by atoms with Crippen molar-refractivity contribution in [2.24, 2.45) is 0 Å². The molecule has 10 aromatic carbocycles. The summed E-state index contributed by atoms with van der Waals surface area (Å²) in [6.45, 7) is 0. The van der Waals surface area contributed by atoms with Gasteiger partial charge in [0.1, 0.15) is 5.54 Å². The van der Waals surface area contributed by atoms with E-state index in [0.717, 1.165) is 23.5 Å². The van der Waals surface area contributed by atoms with Gasteiger partial charge in [0.15, 0.2) is 0 Å². The highest BCUT2D eigenvalue weighted by Crippen LogP contribution is 2.54. The number of aromatic nitrogens is 1. The Labute approximate surface area is 386 Å². The van der Waals surface area contributed by atoms with Gasteiger partial charge in [0, 0.05) is 27.8 Å². The van der Waals surface area contributed by atoms with Crippen LogP contribution in [0.4, 0.5) is 11.4 Å². The molecule has 0 radical (unpaired) electrons. The number of allylic oxidation sites excluding steroid dienone is 2. The Hall–Kier alpha value is -8.46. The molecule has 0 N–H and O–H groups in total. The van der Waals surface area contributed by atoms with Crippen LogP contribution in [0.2, 0.25) is 0 Å². The van der Waals surface area contributed by atoms with Crippen LogP contribution in [0.25, 0.3) is 77.2 Å². The van der Waals surface area contributed by atoms with E-state index in [4.69, 9.17) is 0 Å². The molecule has 2 nitrogen and oxygen atoms in total. The number of benzene rings is 10. The highest BCUT2D eigenvalue weighted by Gasteiger charge is 2.45. The van der Waals surface area contributed by atoms with Crippen LogP contribution in [0.1, 0.15) is 17.5 Å². The third kappa shape index (κ3) is 6.66. The molecule has 2 heteroatoms. The van der Waals surface area contributed by atoms with Gasteiger partial charge in [0.2, 0.25) is 0 Å². The fourth-order valence-electron chi connectivity index (χ4n) is 10.6. The lowest BCUT2D eigenvalue weighted by molar-refractivity contribution is 0.568. The van der Waals surface area contributed by atoms with Gasteiger partial charge in [-0.05, 0) is 116 Å². The van der Waals surface area contributed by atoms with E-state index in [1.165, 1.54) is 82.7 Å². The summed E-state index contributed by atoms with van der Waals surface area (Å²) in [6.07, 6.45) is 7.68. The van der Waals surface area contributed by atoms with E-state index in [9.17, 15) is 0 Å². The summed E-state index contributed by atoms with van der Waals surface area (Å²) in [7, 11) is 0. The molecule has 0 fully saturated rings.